The number of nitrogens with zero attached hydrogens (tertiary/aromatic N) is 1. The van der Waals surface area contributed by atoms with Crippen LogP contribution < -0.4 is 0 Å². The fourth-order valence-corrected chi connectivity index (χ4v) is 1.33. The first-order valence-corrected chi connectivity index (χ1v) is 4.81. The second-order valence-electron chi connectivity index (χ2n) is 3.36. The molecule has 0 spiro atoms. The number of nitriles is 1. The monoisotopic (exact) mass is 189 g/mol. The van der Waals surface area contributed by atoms with Crippen LogP contribution in [0.15, 0.2) is 30.3 Å². The normalized spacial score (nSPS) is 14.4. The Kier molecular flexibility index (Phi) is 4.15. The highest BCUT2D eigenvalue weighted by Crippen LogP contribution is 2.18. The van der Waals surface area contributed by atoms with Gasteiger partial charge >= 0.3 is 0 Å². The maximum atomic E-state index is 8.49. The van der Waals surface area contributed by atoms with Gasteiger partial charge in [0.05, 0.1) is 24.7 Å². The summed E-state index contributed by atoms with van der Waals surface area (Å²) in [5.74, 6) is 0. The van der Waals surface area contributed by atoms with Gasteiger partial charge in [-0.15, -0.1) is 0 Å². The Bertz CT molecular complexity index is 302. The van der Waals surface area contributed by atoms with Gasteiger partial charge in [0.1, 0.15) is 0 Å². The van der Waals surface area contributed by atoms with E-state index in [1.807, 2.05) is 44.2 Å². The highest BCUT2D eigenvalue weighted by molar-refractivity contribution is 5.16. The van der Waals surface area contributed by atoms with Crippen molar-refractivity contribution in [3.05, 3.63) is 35.9 Å². The Morgan fingerprint density at radius 3 is 2.50 bits per heavy atom. The van der Waals surface area contributed by atoms with E-state index in [1.165, 1.54) is 0 Å². The average molecular weight is 189 g/mol. The number of hydrogen-bond donors (Lipinski definition) is 0. The summed E-state index contributed by atoms with van der Waals surface area (Å²) in [5.41, 5.74) is 1.15. The van der Waals surface area contributed by atoms with E-state index in [1.54, 1.807) is 0 Å². The van der Waals surface area contributed by atoms with E-state index in [-0.39, 0.29) is 12.2 Å². The van der Waals surface area contributed by atoms with Crippen LogP contribution in [0, 0.1) is 11.3 Å². The van der Waals surface area contributed by atoms with Crippen LogP contribution in [0.1, 0.15) is 31.9 Å². The lowest BCUT2D eigenvalue weighted by atomic mass is 10.1. The molecule has 2 unspecified atom stereocenters. The molecule has 0 radical (unpaired) electrons. The number of rotatable bonds is 4. The molecule has 0 saturated heterocycles. The van der Waals surface area contributed by atoms with Crippen molar-refractivity contribution in [2.75, 3.05) is 0 Å². The summed E-state index contributed by atoms with van der Waals surface area (Å²) < 4.78 is 5.65. The van der Waals surface area contributed by atoms with Crippen molar-refractivity contribution in [1.82, 2.24) is 0 Å². The smallest absolute Gasteiger partial charge is 0.0800 e. The third kappa shape index (κ3) is 3.20. The molecule has 0 aromatic heterocycles. The van der Waals surface area contributed by atoms with Gasteiger partial charge in [0.25, 0.3) is 0 Å². The molecule has 1 aromatic carbocycles. The van der Waals surface area contributed by atoms with Crippen LogP contribution in [-0.4, -0.2) is 6.10 Å². The van der Waals surface area contributed by atoms with Crippen molar-refractivity contribution in [3.8, 4) is 6.07 Å². The van der Waals surface area contributed by atoms with E-state index < -0.39 is 0 Å². The molecule has 0 bridgehead atoms. The van der Waals surface area contributed by atoms with Crippen molar-refractivity contribution >= 4 is 0 Å². The number of benzene rings is 1. The van der Waals surface area contributed by atoms with Crippen LogP contribution in [-0.2, 0) is 4.74 Å². The number of ether oxygens (including phenoxy) is 1. The quantitative estimate of drug-likeness (QED) is 0.729. The molecule has 2 nitrogen and oxygen atoms in total. The van der Waals surface area contributed by atoms with E-state index in [4.69, 9.17) is 10.00 Å². The summed E-state index contributed by atoms with van der Waals surface area (Å²) in [6, 6.07) is 12.1. The first-order valence-electron chi connectivity index (χ1n) is 4.81. The predicted octanol–water partition coefficient (Wildman–Crippen LogP) is 3.07. The first kappa shape index (κ1) is 10.7. The van der Waals surface area contributed by atoms with Gasteiger partial charge in [0.2, 0.25) is 0 Å². The minimum atomic E-state index is -0.00444. The summed E-state index contributed by atoms with van der Waals surface area (Å²) in [7, 11) is 0. The van der Waals surface area contributed by atoms with Crippen molar-refractivity contribution in [3.63, 3.8) is 0 Å². The van der Waals surface area contributed by atoms with Crippen LogP contribution in [0.3, 0.4) is 0 Å². The van der Waals surface area contributed by atoms with E-state index in [2.05, 4.69) is 6.07 Å². The standard InChI is InChI=1S/C12H15NO/c1-10(8-9-13)14-11(2)12-6-4-3-5-7-12/h3-7,10-11H,8H2,1-2H3. The van der Waals surface area contributed by atoms with Gasteiger partial charge in [-0.3, -0.25) is 0 Å². The van der Waals surface area contributed by atoms with Gasteiger partial charge < -0.3 is 4.74 Å². The second kappa shape index (κ2) is 5.41. The van der Waals surface area contributed by atoms with Crippen LogP contribution in [0.5, 0.6) is 0 Å². The lowest BCUT2D eigenvalue weighted by Crippen LogP contribution is -2.10. The van der Waals surface area contributed by atoms with Crippen LogP contribution in [0.2, 0.25) is 0 Å². The Hall–Kier alpha value is -1.33. The zero-order valence-electron chi connectivity index (χ0n) is 8.60. The molecule has 2 atom stereocenters. The molecule has 0 amide bonds. The number of hydrogen-bond acceptors (Lipinski definition) is 2. The maximum absolute atomic E-state index is 8.49. The van der Waals surface area contributed by atoms with Gasteiger partial charge in [-0.1, -0.05) is 30.3 Å². The zero-order chi connectivity index (χ0) is 10.4. The van der Waals surface area contributed by atoms with Crippen LogP contribution in [0.4, 0.5) is 0 Å². The van der Waals surface area contributed by atoms with E-state index >= 15 is 0 Å². The van der Waals surface area contributed by atoms with Crippen LogP contribution in [0.25, 0.3) is 0 Å². The molecule has 2 heteroatoms. The summed E-state index contributed by atoms with van der Waals surface area (Å²) in [6.45, 7) is 3.92. The fraction of sp³-hybridized carbons (Fsp3) is 0.417. The lowest BCUT2D eigenvalue weighted by molar-refractivity contribution is 0.0100. The summed E-state index contributed by atoms with van der Waals surface area (Å²) in [5, 5.41) is 8.49. The minimum absolute atomic E-state index is 0.00444. The molecular weight excluding hydrogens is 174 g/mol. The SMILES string of the molecule is CC(CC#N)OC(C)c1ccccc1. The summed E-state index contributed by atoms with van der Waals surface area (Å²) in [6.07, 6.45) is 0.492. The summed E-state index contributed by atoms with van der Waals surface area (Å²) in [4.78, 5) is 0. The largest absolute Gasteiger partial charge is 0.370 e. The maximum Gasteiger partial charge on any atom is 0.0800 e. The van der Waals surface area contributed by atoms with Crippen molar-refractivity contribution in [1.29, 1.82) is 5.26 Å². The van der Waals surface area contributed by atoms with Gasteiger partial charge in [-0.25, -0.2) is 0 Å². The van der Waals surface area contributed by atoms with Crippen molar-refractivity contribution in [2.24, 2.45) is 0 Å². The highest BCUT2D eigenvalue weighted by Gasteiger charge is 2.09. The topological polar surface area (TPSA) is 33.0 Å². The molecule has 0 N–H and O–H groups in total. The molecular formula is C12H15NO. The van der Waals surface area contributed by atoms with E-state index in [9.17, 15) is 0 Å². The fourth-order valence-electron chi connectivity index (χ4n) is 1.33. The summed E-state index contributed by atoms with van der Waals surface area (Å²) >= 11 is 0. The van der Waals surface area contributed by atoms with Gasteiger partial charge in [0.15, 0.2) is 0 Å². The molecule has 0 fully saturated rings. The van der Waals surface area contributed by atoms with Crippen molar-refractivity contribution < 1.29 is 4.74 Å². The highest BCUT2D eigenvalue weighted by atomic mass is 16.5. The molecule has 0 aliphatic carbocycles. The molecule has 1 rings (SSSR count). The van der Waals surface area contributed by atoms with Gasteiger partial charge in [-0.05, 0) is 19.4 Å². The lowest BCUT2D eigenvalue weighted by Gasteiger charge is -2.17. The Morgan fingerprint density at radius 2 is 1.93 bits per heavy atom. The van der Waals surface area contributed by atoms with E-state index in [0.717, 1.165) is 5.56 Å². The van der Waals surface area contributed by atoms with Gasteiger partial charge in [-0.2, -0.15) is 5.26 Å². The second-order valence-corrected chi connectivity index (χ2v) is 3.36. The Labute approximate surface area is 85.1 Å². The minimum Gasteiger partial charge on any atom is -0.370 e. The van der Waals surface area contributed by atoms with E-state index in [0.29, 0.717) is 6.42 Å². The third-order valence-corrected chi connectivity index (χ3v) is 2.08. The zero-order valence-corrected chi connectivity index (χ0v) is 8.60. The average Bonchev–Trinajstić information content (AvgIpc) is 2.19. The first-order chi connectivity index (χ1) is 6.74. The van der Waals surface area contributed by atoms with Gasteiger partial charge in [0, 0.05) is 0 Å². The molecule has 14 heavy (non-hydrogen) atoms. The molecule has 0 aliphatic rings. The Balaban J connectivity index is 2.51. The molecule has 1 aromatic rings. The van der Waals surface area contributed by atoms with Crippen molar-refractivity contribution in [2.45, 2.75) is 32.5 Å². The third-order valence-electron chi connectivity index (χ3n) is 2.08. The Morgan fingerprint density at radius 1 is 1.29 bits per heavy atom. The van der Waals surface area contributed by atoms with Crippen LogP contribution >= 0.6 is 0 Å². The predicted molar refractivity (Wildman–Crippen MR) is 55.6 cm³/mol. The molecule has 0 saturated carbocycles. The molecule has 0 aliphatic heterocycles. The molecule has 0 heterocycles. The molecule has 74 valence electrons.